The van der Waals surface area contributed by atoms with Crippen LogP contribution in [0.2, 0.25) is 0 Å². The van der Waals surface area contributed by atoms with Gasteiger partial charge in [-0.15, -0.1) is 22.7 Å². The second kappa shape index (κ2) is 23.3. The van der Waals surface area contributed by atoms with E-state index in [-0.39, 0.29) is 0 Å². The lowest BCUT2D eigenvalue weighted by atomic mass is 10.0. The van der Waals surface area contributed by atoms with E-state index >= 15 is 0 Å². The molecule has 21 rings (SSSR count). The molecular weight excluding hydrogens is 1270 g/mol. The number of hydrogen-bond acceptors (Lipinski definition) is 12. The molecule has 0 saturated carbocycles. The van der Waals surface area contributed by atoms with Gasteiger partial charge in [0.25, 0.3) is 0 Å². The molecule has 0 N–H and O–H groups in total. The number of nitrogens with zero attached hydrogens (tertiary/aromatic N) is 10. The minimum atomic E-state index is 0.579. The Bertz CT molecular complexity index is 6690. The van der Waals surface area contributed by atoms with Crippen molar-refractivity contribution in [2.45, 2.75) is 0 Å². The fraction of sp³-hybridized carbons (Fsp3) is 0. The summed E-state index contributed by atoms with van der Waals surface area (Å²) < 4.78 is 21.4. The van der Waals surface area contributed by atoms with Crippen molar-refractivity contribution in [2.24, 2.45) is 0 Å². The monoisotopic (exact) mass is 1320 g/mol. The molecule has 14 heteroatoms. The minimum Gasteiger partial charge on any atom is -0.436 e. The summed E-state index contributed by atoms with van der Waals surface area (Å²) in [6.45, 7) is 0. The first-order valence-electron chi connectivity index (χ1n) is 32.9. The highest BCUT2D eigenvalue weighted by Gasteiger charge is 2.25. The molecule has 8 aromatic heterocycles. The predicted octanol–water partition coefficient (Wildman–Crippen LogP) is 22.6. The van der Waals surface area contributed by atoms with Gasteiger partial charge in [-0.1, -0.05) is 206 Å². The highest BCUT2D eigenvalue weighted by molar-refractivity contribution is 7.27. The first-order valence-corrected chi connectivity index (χ1v) is 34.5. The molecule has 0 saturated heterocycles. The normalized spacial score (nSPS) is 11.8. The first kappa shape index (κ1) is 57.1. The van der Waals surface area contributed by atoms with Gasteiger partial charge in [0.15, 0.2) is 40.3 Å². The van der Waals surface area contributed by atoms with Gasteiger partial charge in [0.2, 0.25) is 17.7 Å². The van der Waals surface area contributed by atoms with Gasteiger partial charge in [-0.3, -0.25) is 4.57 Å². The van der Waals surface area contributed by atoms with Gasteiger partial charge in [0.1, 0.15) is 11.0 Å². The van der Waals surface area contributed by atoms with E-state index in [9.17, 15) is 0 Å². The van der Waals surface area contributed by atoms with Crippen LogP contribution in [0.5, 0.6) is 0 Å². The molecule has 13 aromatic carbocycles. The van der Waals surface area contributed by atoms with E-state index in [4.69, 9.17) is 48.7 Å². The van der Waals surface area contributed by atoms with E-state index in [0.29, 0.717) is 46.9 Å². The standard InChI is InChI=1S/C46H27N5OS.C40H23N5OS/c1-3-13-28(14-4-1)43-48-44(29-25-26-38-35(27-29)31-17-7-9-22-37(31)51(38)30-15-5-2-6-16-30)50-45(49-43)33-19-12-24-40-41(33)32-18-11-20-34(42(32)53-40)46-47-36-21-8-10-23-39(36)52-46;1-2-12-24(13-3-1)37-42-38(44-40(43-37)45-31-20-7-4-14-25(31)26-15-5-8-21-32(26)45)28-17-11-23-34-35(28)27-16-10-18-29(36(27)47-34)39-41-30-19-6-9-22-33(30)46-39/h1-27H;1-23H. The Labute approximate surface area is 577 Å². The zero-order valence-electron chi connectivity index (χ0n) is 53.0. The summed E-state index contributed by atoms with van der Waals surface area (Å²) in [5, 5.41) is 9.05. The molecule has 12 nitrogen and oxygen atoms in total. The summed E-state index contributed by atoms with van der Waals surface area (Å²) in [5.41, 5.74) is 15.4. The minimum absolute atomic E-state index is 0.579. The third-order valence-electron chi connectivity index (χ3n) is 18.6. The topological polar surface area (TPSA) is 139 Å². The molecule has 0 atom stereocenters. The third-order valence-corrected chi connectivity index (χ3v) is 21.0. The lowest BCUT2D eigenvalue weighted by molar-refractivity contribution is 0.620. The SMILES string of the molecule is c1ccc(-c2nc(-c3ccc4c(c3)c3ccccc3n4-c3ccccc3)nc(-c3cccc4sc5c(-c6nc7ccccc7o6)cccc5c34)n2)cc1.c1ccc(-c2nc(-c3cccc4sc5c(-c6nc7ccccc7o6)cccc5c34)nc(-n3c4ccccc4c4ccccc43)n2)cc1. The van der Waals surface area contributed by atoms with E-state index in [2.05, 4.69) is 203 Å². The number of thiophene rings is 2. The molecule has 0 aliphatic carbocycles. The highest BCUT2D eigenvalue weighted by Crippen LogP contribution is 2.47. The quantitative estimate of drug-likeness (QED) is 0.137. The fourth-order valence-electron chi connectivity index (χ4n) is 14.1. The number of benzene rings is 13. The maximum atomic E-state index is 6.25. The van der Waals surface area contributed by atoms with E-state index in [1.807, 2.05) is 109 Å². The Hall–Kier alpha value is -13.1. The molecule has 0 spiro atoms. The molecule has 0 radical (unpaired) electrons. The summed E-state index contributed by atoms with van der Waals surface area (Å²) >= 11 is 3.46. The number of hydrogen-bond donors (Lipinski definition) is 0. The number of para-hydroxylation sites is 8. The Morgan fingerprint density at radius 1 is 0.260 bits per heavy atom. The zero-order valence-corrected chi connectivity index (χ0v) is 54.6. The molecule has 8 heterocycles. The Morgan fingerprint density at radius 3 is 1.19 bits per heavy atom. The third kappa shape index (κ3) is 9.48. The van der Waals surface area contributed by atoms with E-state index in [1.54, 1.807) is 22.7 Å². The summed E-state index contributed by atoms with van der Waals surface area (Å²) in [5.74, 6) is 4.92. The van der Waals surface area contributed by atoms with Crippen molar-refractivity contribution in [1.82, 2.24) is 49.0 Å². The predicted molar refractivity (Wildman–Crippen MR) is 407 cm³/mol. The second-order valence-corrected chi connectivity index (χ2v) is 26.6. The van der Waals surface area contributed by atoms with Crippen LogP contribution in [0.1, 0.15) is 0 Å². The van der Waals surface area contributed by atoms with E-state index in [0.717, 1.165) is 145 Å². The maximum Gasteiger partial charge on any atom is 0.238 e. The zero-order chi connectivity index (χ0) is 65.8. The van der Waals surface area contributed by atoms with Crippen LogP contribution in [0.15, 0.2) is 312 Å². The maximum absolute atomic E-state index is 6.25. The molecule has 0 fully saturated rings. The number of rotatable bonds is 9. The van der Waals surface area contributed by atoms with E-state index < -0.39 is 0 Å². The lowest BCUT2D eigenvalue weighted by Crippen LogP contribution is -2.06. The molecular formula is C86H50N10O2S2. The van der Waals surface area contributed by atoms with Crippen LogP contribution in [0.4, 0.5) is 0 Å². The molecule has 468 valence electrons. The van der Waals surface area contributed by atoms with Crippen molar-refractivity contribution in [2.75, 3.05) is 0 Å². The van der Waals surface area contributed by atoms with Crippen LogP contribution in [-0.2, 0) is 0 Å². The van der Waals surface area contributed by atoms with Crippen LogP contribution < -0.4 is 0 Å². The Morgan fingerprint density at radius 2 is 0.650 bits per heavy atom. The van der Waals surface area contributed by atoms with Gasteiger partial charge < -0.3 is 13.4 Å². The Balaban J connectivity index is 0.000000136. The van der Waals surface area contributed by atoms with Crippen molar-refractivity contribution in [3.63, 3.8) is 0 Å². The Kier molecular flexibility index (Phi) is 13.3. The number of fused-ring (bicyclic) bond motifs is 14. The van der Waals surface area contributed by atoms with Crippen molar-refractivity contribution < 1.29 is 8.83 Å². The van der Waals surface area contributed by atoms with Gasteiger partial charge in [0, 0.05) is 95.4 Å². The van der Waals surface area contributed by atoms with Gasteiger partial charge in [-0.25, -0.2) is 29.9 Å². The largest absolute Gasteiger partial charge is 0.436 e. The average Bonchev–Trinajstić information content (AvgIpc) is 1.58. The molecule has 0 unspecified atom stereocenters. The van der Waals surface area contributed by atoms with Gasteiger partial charge in [-0.2, -0.15) is 9.97 Å². The molecule has 0 bridgehead atoms. The molecule has 21 aromatic rings. The van der Waals surface area contributed by atoms with Crippen LogP contribution >= 0.6 is 22.7 Å². The number of aromatic nitrogens is 10. The van der Waals surface area contributed by atoms with Crippen molar-refractivity contribution >= 4 is 129 Å². The van der Waals surface area contributed by atoms with Crippen LogP contribution in [-0.4, -0.2) is 49.0 Å². The lowest BCUT2D eigenvalue weighted by Gasteiger charge is -2.11. The molecule has 0 amide bonds. The molecule has 0 aliphatic rings. The van der Waals surface area contributed by atoms with Gasteiger partial charge in [-0.05, 0) is 97.1 Å². The van der Waals surface area contributed by atoms with Crippen molar-refractivity contribution in [3.8, 4) is 91.5 Å². The van der Waals surface area contributed by atoms with Gasteiger partial charge >= 0.3 is 0 Å². The highest BCUT2D eigenvalue weighted by atomic mass is 32.1. The fourth-order valence-corrected chi connectivity index (χ4v) is 16.6. The molecule has 100 heavy (non-hydrogen) atoms. The summed E-state index contributed by atoms with van der Waals surface area (Å²) in [4.78, 5) is 40.6. The average molecular weight is 1320 g/mol. The number of oxazole rings is 2. The van der Waals surface area contributed by atoms with Gasteiger partial charge in [0.05, 0.1) is 33.2 Å². The summed E-state index contributed by atoms with van der Waals surface area (Å²) in [7, 11) is 0. The van der Waals surface area contributed by atoms with Crippen molar-refractivity contribution in [1.29, 1.82) is 0 Å². The first-order chi connectivity index (χ1) is 49.6. The van der Waals surface area contributed by atoms with Crippen LogP contribution in [0.3, 0.4) is 0 Å². The van der Waals surface area contributed by atoms with Crippen LogP contribution in [0.25, 0.3) is 198 Å². The van der Waals surface area contributed by atoms with Crippen molar-refractivity contribution in [3.05, 3.63) is 303 Å². The molecule has 0 aliphatic heterocycles. The second-order valence-electron chi connectivity index (χ2n) is 24.5. The van der Waals surface area contributed by atoms with Crippen LogP contribution in [0, 0.1) is 0 Å². The summed E-state index contributed by atoms with van der Waals surface area (Å²) in [6.07, 6.45) is 0. The van der Waals surface area contributed by atoms with E-state index in [1.165, 1.54) is 5.39 Å². The summed E-state index contributed by atoms with van der Waals surface area (Å²) in [6, 6.07) is 104. The smallest absolute Gasteiger partial charge is 0.238 e.